The third kappa shape index (κ3) is 4.08. The minimum absolute atomic E-state index is 0.321. The van der Waals surface area contributed by atoms with E-state index in [2.05, 4.69) is 88.3 Å². The Balaban J connectivity index is 1.17. The van der Waals surface area contributed by atoms with Gasteiger partial charge in [-0.1, -0.05) is 65.7 Å². The number of halogens is 1. The van der Waals surface area contributed by atoms with Crippen molar-refractivity contribution in [2.45, 2.75) is 32.2 Å². The lowest BCUT2D eigenvalue weighted by atomic mass is 9.75. The van der Waals surface area contributed by atoms with Crippen molar-refractivity contribution in [2.75, 3.05) is 0 Å². The topological polar surface area (TPSA) is 30.7 Å². The molecule has 0 aliphatic heterocycles. The standard InChI is InChI=1S/C34H28ClN3/c1-22(38-20-34(37-21-38)28-3-2-4-29(35)18-28)25-8-10-30-27(17-25)9-12-32-31(30)11-7-24-5-6-26(19-33(24)32)23-13-15-36-16-14-23/h2-8,10-11,13-16,18-22,25H,9,12,17H2,1H3/t22-,25?/m0/s1. The lowest BCUT2D eigenvalue weighted by Gasteiger charge is -2.31. The maximum atomic E-state index is 6.20. The van der Waals surface area contributed by atoms with Crippen molar-refractivity contribution in [3.05, 3.63) is 126 Å². The summed E-state index contributed by atoms with van der Waals surface area (Å²) in [5, 5.41) is 3.42. The van der Waals surface area contributed by atoms with E-state index in [9.17, 15) is 0 Å². The van der Waals surface area contributed by atoms with Crippen molar-refractivity contribution in [2.24, 2.45) is 5.92 Å². The number of fused-ring (bicyclic) bond motifs is 4. The first-order valence-electron chi connectivity index (χ1n) is 13.3. The second-order valence-corrected chi connectivity index (χ2v) is 10.9. The Morgan fingerprint density at radius 3 is 2.66 bits per heavy atom. The van der Waals surface area contributed by atoms with E-state index >= 15 is 0 Å². The summed E-state index contributed by atoms with van der Waals surface area (Å²) < 4.78 is 2.25. The number of nitrogens with zero attached hydrogens (tertiary/aromatic N) is 3. The van der Waals surface area contributed by atoms with Gasteiger partial charge < -0.3 is 4.57 Å². The van der Waals surface area contributed by atoms with Gasteiger partial charge in [-0.05, 0) is 95.1 Å². The fourth-order valence-electron chi connectivity index (χ4n) is 6.13. The van der Waals surface area contributed by atoms with Crippen LogP contribution < -0.4 is 0 Å². The molecule has 2 aliphatic rings. The van der Waals surface area contributed by atoms with Crippen LogP contribution in [0.3, 0.4) is 0 Å². The van der Waals surface area contributed by atoms with Gasteiger partial charge in [0.05, 0.1) is 12.0 Å². The largest absolute Gasteiger partial charge is 0.333 e. The molecule has 5 aromatic rings. The van der Waals surface area contributed by atoms with Crippen molar-refractivity contribution >= 4 is 27.9 Å². The number of rotatable bonds is 4. The number of benzene rings is 3. The van der Waals surface area contributed by atoms with Crippen LogP contribution in [-0.2, 0) is 6.42 Å². The molecule has 0 saturated carbocycles. The average molecular weight is 514 g/mol. The molecule has 7 rings (SSSR count). The van der Waals surface area contributed by atoms with E-state index in [4.69, 9.17) is 11.6 Å². The van der Waals surface area contributed by atoms with Crippen molar-refractivity contribution < 1.29 is 0 Å². The van der Waals surface area contributed by atoms with Gasteiger partial charge in [0.1, 0.15) is 0 Å². The van der Waals surface area contributed by atoms with Crippen molar-refractivity contribution in [1.29, 1.82) is 0 Å². The molecule has 4 heteroatoms. The molecule has 3 nitrogen and oxygen atoms in total. The molecule has 2 aromatic heterocycles. The summed E-state index contributed by atoms with van der Waals surface area (Å²) in [6, 6.07) is 23.8. The summed E-state index contributed by atoms with van der Waals surface area (Å²) in [5.41, 5.74) is 10.4. The maximum Gasteiger partial charge on any atom is 0.0956 e. The Hall–Kier alpha value is -3.95. The molecule has 186 valence electrons. The monoisotopic (exact) mass is 513 g/mol. The van der Waals surface area contributed by atoms with Crippen LogP contribution in [0.4, 0.5) is 0 Å². The van der Waals surface area contributed by atoms with Gasteiger partial charge in [0.2, 0.25) is 0 Å². The number of aromatic nitrogens is 3. The van der Waals surface area contributed by atoms with Gasteiger partial charge in [-0.15, -0.1) is 0 Å². The Morgan fingerprint density at radius 1 is 0.921 bits per heavy atom. The molecule has 3 aromatic carbocycles. The van der Waals surface area contributed by atoms with Crippen molar-refractivity contribution in [3.8, 4) is 22.4 Å². The highest BCUT2D eigenvalue weighted by Crippen LogP contribution is 2.43. The van der Waals surface area contributed by atoms with Crippen LogP contribution in [0.25, 0.3) is 38.7 Å². The zero-order valence-electron chi connectivity index (χ0n) is 21.3. The number of imidazole rings is 1. The van der Waals surface area contributed by atoms with Crippen LogP contribution in [0, 0.1) is 5.92 Å². The third-order valence-electron chi connectivity index (χ3n) is 8.30. The number of hydrogen-bond acceptors (Lipinski definition) is 2. The molecule has 2 heterocycles. The number of allylic oxidation sites excluding steroid dienone is 4. The fourth-order valence-corrected chi connectivity index (χ4v) is 6.32. The van der Waals surface area contributed by atoms with Crippen LogP contribution in [-0.4, -0.2) is 14.5 Å². The molecule has 0 amide bonds. The summed E-state index contributed by atoms with van der Waals surface area (Å²) in [5.74, 6) is 0.440. The second kappa shape index (κ2) is 9.41. The Morgan fingerprint density at radius 2 is 1.79 bits per heavy atom. The van der Waals surface area contributed by atoms with Gasteiger partial charge in [-0.2, -0.15) is 0 Å². The van der Waals surface area contributed by atoms with E-state index in [1.807, 2.05) is 36.9 Å². The molecule has 1 unspecified atom stereocenters. The number of hydrogen-bond donors (Lipinski definition) is 0. The Kier molecular flexibility index (Phi) is 5.74. The van der Waals surface area contributed by atoms with Gasteiger partial charge >= 0.3 is 0 Å². The lowest BCUT2D eigenvalue weighted by molar-refractivity contribution is 0.407. The first-order valence-corrected chi connectivity index (χ1v) is 13.7. The van der Waals surface area contributed by atoms with E-state index < -0.39 is 0 Å². The van der Waals surface area contributed by atoms with Gasteiger partial charge in [0.25, 0.3) is 0 Å². The Bertz CT molecular complexity index is 1730. The number of pyridine rings is 1. The molecule has 0 saturated heterocycles. The first kappa shape index (κ1) is 23.2. The molecule has 0 radical (unpaired) electrons. The van der Waals surface area contributed by atoms with Gasteiger partial charge in [-0.3, -0.25) is 4.98 Å². The molecule has 2 atom stereocenters. The minimum atomic E-state index is 0.321. The Labute approximate surface area is 228 Å². The highest BCUT2D eigenvalue weighted by atomic mass is 35.5. The summed E-state index contributed by atoms with van der Waals surface area (Å²) in [6.45, 7) is 2.30. The molecule has 0 spiro atoms. The summed E-state index contributed by atoms with van der Waals surface area (Å²) >= 11 is 6.20. The maximum absolute atomic E-state index is 6.20. The smallest absolute Gasteiger partial charge is 0.0956 e. The van der Waals surface area contributed by atoms with Crippen LogP contribution in [0.15, 0.2) is 109 Å². The molecular weight excluding hydrogens is 486 g/mol. The lowest BCUT2D eigenvalue weighted by Crippen LogP contribution is -2.19. The van der Waals surface area contributed by atoms with E-state index in [1.165, 1.54) is 38.6 Å². The molecule has 0 fully saturated rings. The highest BCUT2D eigenvalue weighted by Gasteiger charge is 2.27. The number of aryl methyl sites for hydroxylation is 1. The van der Waals surface area contributed by atoms with E-state index in [1.54, 1.807) is 5.57 Å². The first-order chi connectivity index (χ1) is 18.6. The molecular formula is C34H28ClN3. The third-order valence-corrected chi connectivity index (χ3v) is 8.53. The van der Waals surface area contributed by atoms with Gasteiger partial charge in [0.15, 0.2) is 0 Å². The minimum Gasteiger partial charge on any atom is -0.333 e. The quantitative estimate of drug-likeness (QED) is 0.240. The highest BCUT2D eigenvalue weighted by molar-refractivity contribution is 6.30. The van der Waals surface area contributed by atoms with Crippen molar-refractivity contribution in [3.63, 3.8) is 0 Å². The van der Waals surface area contributed by atoms with E-state index in [-0.39, 0.29) is 0 Å². The molecule has 0 bridgehead atoms. The van der Waals surface area contributed by atoms with Crippen LogP contribution in [0.5, 0.6) is 0 Å². The van der Waals surface area contributed by atoms with Crippen LogP contribution >= 0.6 is 11.6 Å². The van der Waals surface area contributed by atoms with E-state index in [0.717, 1.165) is 35.5 Å². The SMILES string of the molecule is C[C@@H](C1C=CC2=C(CCc3c2ccc2ccc(-c4ccncc4)cc32)C1)n1cnc(-c2cccc(Cl)c2)c1. The summed E-state index contributed by atoms with van der Waals surface area (Å²) in [4.78, 5) is 8.86. The van der Waals surface area contributed by atoms with Gasteiger partial charge in [0, 0.05) is 41.1 Å². The molecule has 2 aliphatic carbocycles. The molecule has 0 N–H and O–H groups in total. The van der Waals surface area contributed by atoms with Crippen LogP contribution in [0.2, 0.25) is 5.02 Å². The normalized spacial score (nSPS) is 17.4. The fraction of sp³-hybridized carbons (Fsp3) is 0.176. The second-order valence-electron chi connectivity index (χ2n) is 10.5. The van der Waals surface area contributed by atoms with Crippen molar-refractivity contribution in [1.82, 2.24) is 14.5 Å². The average Bonchev–Trinajstić information content (AvgIpc) is 3.47. The zero-order valence-corrected chi connectivity index (χ0v) is 22.1. The van der Waals surface area contributed by atoms with Gasteiger partial charge in [-0.25, -0.2) is 4.98 Å². The van der Waals surface area contributed by atoms with Crippen LogP contribution in [0.1, 0.15) is 36.9 Å². The zero-order chi connectivity index (χ0) is 25.6. The predicted octanol–water partition coefficient (Wildman–Crippen LogP) is 8.96. The van der Waals surface area contributed by atoms with E-state index in [0.29, 0.717) is 12.0 Å². The summed E-state index contributed by atoms with van der Waals surface area (Å²) in [6.07, 6.45) is 15.9. The molecule has 38 heavy (non-hydrogen) atoms. The summed E-state index contributed by atoms with van der Waals surface area (Å²) in [7, 11) is 0. The predicted molar refractivity (Wildman–Crippen MR) is 157 cm³/mol.